The fraction of sp³-hybridized carbons (Fsp3) is 0.400. The zero-order valence-corrected chi connectivity index (χ0v) is 11.8. The van der Waals surface area contributed by atoms with Crippen LogP contribution in [0.5, 0.6) is 0 Å². The Morgan fingerprint density at radius 3 is 2.30 bits per heavy atom. The van der Waals surface area contributed by atoms with Crippen molar-refractivity contribution in [1.29, 1.82) is 0 Å². The summed E-state index contributed by atoms with van der Waals surface area (Å²) in [7, 11) is 0. The number of halogens is 2. The lowest BCUT2D eigenvalue weighted by molar-refractivity contribution is -0.000435. The van der Waals surface area contributed by atoms with Gasteiger partial charge in [0.25, 0.3) is 5.92 Å². The second-order valence-corrected chi connectivity index (χ2v) is 5.37. The Kier molecular flexibility index (Phi) is 4.87. The van der Waals surface area contributed by atoms with Gasteiger partial charge in [-0.3, -0.25) is 0 Å². The summed E-state index contributed by atoms with van der Waals surface area (Å²) in [6.45, 7) is 8.11. The van der Waals surface area contributed by atoms with Gasteiger partial charge in [-0.25, -0.2) is 4.79 Å². The maximum atomic E-state index is 13.9. The van der Waals surface area contributed by atoms with Crippen molar-refractivity contribution in [2.45, 2.75) is 38.3 Å². The molecule has 0 spiro atoms. The summed E-state index contributed by atoms with van der Waals surface area (Å²) in [6.07, 6.45) is -0.380. The molecule has 0 aliphatic rings. The number of alkyl carbamates (subject to hydrolysis) is 1. The molecule has 3 nitrogen and oxygen atoms in total. The first-order valence-electron chi connectivity index (χ1n) is 6.21. The second-order valence-electron chi connectivity index (χ2n) is 5.37. The molecule has 0 saturated heterocycles. The number of alkyl halides is 2. The molecule has 0 bridgehead atoms. The molecule has 5 heteroatoms. The zero-order chi connectivity index (χ0) is 15.4. The standard InChI is InChI=1S/C15H19F2NO2/c1-5-15(16,17)12(11-9-7-6-8-10-11)18-13(19)20-14(2,3)4/h5-10,12H,1H2,2-4H3,(H,18,19). The molecule has 0 aliphatic heterocycles. The van der Waals surface area contributed by atoms with Gasteiger partial charge in [0.15, 0.2) is 0 Å². The molecular formula is C15H19F2NO2. The summed E-state index contributed by atoms with van der Waals surface area (Å²) >= 11 is 0. The molecule has 1 N–H and O–H groups in total. The van der Waals surface area contributed by atoms with E-state index in [-0.39, 0.29) is 5.56 Å². The van der Waals surface area contributed by atoms with Crippen LogP contribution >= 0.6 is 0 Å². The molecule has 1 unspecified atom stereocenters. The van der Waals surface area contributed by atoms with Gasteiger partial charge in [-0.2, -0.15) is 8.78 Å². The van der Waals surface area contributed by atoms with Gasteiger partial charge in [-0.1, -0.05) is 36.9 Å². The minimum absolute atomic E-state index is 0.281. The average molecular weight is 283 g/mol. The van der Waals surface area contributed by atoms with Crippen LogP contribution in [0.25, 0.3) is 0 Å². The number of carbonyl (C=O) groups excluding carboxylic acids is 1. The fourth-order valence-electron chi connectivity index (χ4n) is 1.59. The van der Waals surface area contributed by atoms with Crippen molar-refractivity contribution in [3.63, 3.8) is 0 Å². The van der Waals surface area contributed by atoms with Crippen LogP contribution in [0.2, 0.25) is 0 Å². The van der Waals surface area contributed by atoms with Gasteiger partial charge in [0.05, 0.1) is 0 Å². The van der Waals surface area contributed by atoms with E-state index in [1.54, 1.807) is 39.0 Å². The van der Waals surface area contributed by atoms with E-state index < -0.39 is 23.7 Å². The minimum Gasteiger partial charge on any atom is -0.444 e. The van der Waals surface area contributed by atoms with Gasteiger partial charge < -0.3 is 10.1 Å². The van der Waals surface area contributed by atoms with Gasteiger partial charge in [0.2, 0.25) is 0 Å². The van der Waals surface area contributed by atoms with Crippen molar-refractivity contribution < 1.29 is 18.3 Å². The van der Waals surface area contributed by atoms with E-state index in [1.165, 1.54) is 12.1 Å². The highest BCUT2D eigenvalue weighted by molar-refractivity contribution is 5.68. The molecule has 0 saturated carbocycles. The Morgan fingerprint density at radius 1 is 1.30 bits per heavy atom. The molecule has 1 aromatic rings. The van der Waals surface area contributed by atoms with Gasteiger partial charge >= 0.3 is 6.09 Å². The Labute approximate surface area is 117 Å². The largest absolute Gasteiger partial charge is 0.444 e. The van der Waals surface area contributed by atoms with Crippen molar-refractivity contribution in [2.75, 3.05) is 0 Å². The molecule has 0 aromatic heterocycles. The predicted molar refractivity (Wildman–Crippen MR) is 73.7 cm³/mol. The Morgan fingerprint density at radius 2 is 1.85 bits per heavy atom. The number of rotatable bonds is 4. The van der Waals surface area contributed by atoms with Crippen molar-refractivity contribution in [3.05, 3.63) is 48.6 Å². The predicted octanol–water partition coefficient (Wildman–Crippen LogP) is 4.07. The van der Waals surface area contributed by atoms with E-state index >= 15 is 0 Å². The summed E-state index contributed by atoms with van der Waals surface area (Å²) in [6, 6.07) is 6.46. The molecule has 1 atom stereocenters. The number of benzene rings is 1. The molecule has 110 valence electrons. The highest BCUT2D eigenvalue weighted by Crippen LogP contribution is 2.32. The maximum Gasteiger partial charge on any atom is 0.408 e. The molecule has 20 heavy (non-hydrogen) atoms. The van der Waals surface area contributed by atoms with E-state index in [4.69, 9.17) is 4.74 Å². The van der Waals surface area contributed by atoms with Gasteiger partial charge in [0.1, 0.15) is 11.6 Å². The number of amides is 1. The third-order valence-electron chi connectivity index (χ3n) is 2.45. The van der Waals surface area contributed by atoms with Crippen LogP contribution in [-0.2, 0) is 4.74 Å². The van der Waals surface area contributed by atoms with E-state index in [0.29, 0.717) is 6.08 Å². The number of hydrogen-bond acceptors (Lipinski definition) is 2. The maximum absolute atomic E-state index is 13.9. The summed E-state index contributed by atoms with van der Waals surface area (Å²) < 4.78 is 32.8. The molecule has 0 heterocycles. The summed E-state index contributed by atoms with van der Waals surface area (Å²) in [5, 5.41) is 2.20. The number of hydrogen-bond donors (Lipinski definition) is 1. The van der Waals surface area contributed by atoms with E-state index in [2.05, 4.69) is 11.9 Å². The molecule has 1 aromatic carbocycles. The van der Waals surface area contributed by atoms with Crippen LogP contribution in [0.15, 0.2) is 43.0 Å². The second kappa shape index (κ2) is 6.03. The lowest BCUT2D eigenvalue weighted by Crippen LogP contribution is -2.42. The molecule has 1 rings (SSSR count). The highest BCUT2D eigenvalue weighted by Gasteiger charge is 2.39. The normalized spacial score (nSPS) is 13.4. The first-order chi connectivity index (χ1) is 9.15. The SMILES string of the molecule is C=CC(F)(F)C(NC(=O)OC(C)(C)C)c1ccccc1. The molecule has 0 radical (unpaired) electrons. The Balaban J connectivity index is 2.96. The molecule has 0 fully saturated rings. The molecule has 1 amide bonds. The van der Waals surface area contributed by atoms with Crippen LogP contribution < -0.4 is 5.32 Å². The summed E-state index contributed by atoms with van der Waals surface area (Å²) in [4.78, 5) is 11.7. The third kappa shape index (κ3) is 4.64. The summed E-state index contributed by atoms with van der Waals surface area (Å²) in [5.41, 5.74) is -0.474. The van der Waals surface area contributed by atoms with Gasteiger partial charge in [0, 0.05) is 0 Å². The third-order valence-corrected chi connectivity index (χ3v) is 2.45. The van der Waals surface area contributed by atoms with E-state index in [9.17, 15) is 13.6 Å². The molecule has 0 aliphatic carbocycles. The first-order valence-corrected chi connectivity index (χ1v) is 6.21. The topological polar surface area (TPSA) is 38.3 Å². The monoisotopic (exact) mass is 283 g/mol. The average Bonchev–Trinajstić information content (AvgIpc) is 2.35. The van der Waals surface area contributed by atoms with Crippen LogP contribution in [0, 0.1) is 0 Å². The van der Waals surface area contributed by atoms with Crippen LogP contribution in [0.4, 0.5) is 13.6 Å². The van der Waals surface area contributed by atoms with E-state index in [1.807, 2.05) is 0 Å². The van der Waals surface area contributed by atoms with Crippen LogP contribution in [0.3, 0.4) is 0 Å². The lowest BCUT2D eigenvalue weighted by Gasteiger charge is -2.27. The number of nitrogens with one attached hydrogen (secondary N) is 1. The zero-order valence-electron chi connectivity index (χ0n) is 11.8. The highest BCUT2D eigenvalue weighted by atomic mass is 19.3. The van der Waals surface area contributed by atoms with Gasteiger partial charge in [-0.05, 0) is 32.4 Å². The van der Waals surface area contributed by atoms with Crippen molar-refractivity contribution in [1.82, 2.24) is 5.32 Å². The lowest BCUT2D eigenvalue weighted by atomic mass is 10.0. The van der Waals surface area contributed by atoms with Crippen LogP contribution in [-0.4, -0.2) is 17.6 Å². The van der Waals surface area contributed by atoms with Crippen molar-refractivity contribution in [2.24, 2.45) is 0 Å². The molecular weight excluding hydrogens is 264 g/mol. The Hall–Kier alpha value is -1.91. The quantitative estimate of drug-likeness (QED) is 0.846. The fourth-order valence-corrected chi connectivity index (χ4v) is 1.59. The number of carbonyl (C=O) groups is 1. The van der Waals surface area contributed by atoms with Gasteiger partial charge in [-0.15, -0.1) is 0 Å². The van der Waals surface area contributed by atoms with Crippen LogP contribution in [0.1, 0.15) is 32.4 Å². The smallest absolute Gasteiger partial charge is 0.408 e. The van der Waals surface area contributed by atoms with E-state index in [0.717, 1.165) is 0 Å². The van der Waals surface area contributed by atoms with Crippen molar-refractivity contribution >= 4 is 6.09 Å². The Bertz CT molecular complexity index is 467. The summed E-state index contributed by atoms with van der Waals surface area (Å²) in [5.74, 6) is -3.28. The van der Waals surface area contributed by atoms with Crippen molar-refractivity contribution in [3.8, 4) is 0 Å². The minimum atomic E-state index is -3.28. The number of ether oxygens (including phenoxy) is 1. The first kappa shape index (κ1) is 16.1.